The minimum absolute atomic E-state index is 0.185. The number of nitrogens with one attached hydrogen (secondary N) is 1. The number of ketones is 1. The molecule has 1 unspecified atom stereocenters. The summed E-state index contributed by atoms with van der Waals surface area (Å²) in [6, 6.07) is 0. The Morgan fingerprint density at radius 2 is 2.19 bits per heavy atom. The van der Waals surface area contributed by atoms with Crippen LogP contribution < -0.4 is 5.32 Å². The van der Waals surface area contributed by atoms with Gasteiger partial charge in [-0.25, -0.2) is 0 Å². The standard InChI is InChI=1S/C13H17ClF3N3O/c1-3-8-11(14)9(20(2)19-8)6-10(21)12(13(15,16)17)4-5-18-7-12/h18H,3-7H2,1-2H3. The smallest absolute Gasteiger partial charge is 0.315 e. The first-order chi connectivity index (χ1) is 9.73. The molecule has 1 aliphatic heterocycles. The molecule has 1 atom stereocenters. The first-order valence-corrected chi connectivity index (χ1v) is 7.11. The van der Waals surface area contributed by atoms with E-state index in [1.807, 2.05) is 6.92 Å². The van der Waals surface area contributed by atoms with Gasteiger partial charge in [0, 0.05) is 13.6 Å². The summed E-state index contributed by atoms with van der Waals surface area (Å²) in [4.78, 5) is 12.3. The van der Waals surface area contributed by atoms with E-state index in [1.165, 1.54) is 4.68 Å². The summed E-state index contributed by atoms with van der Waals surface area (Å²) in [5.74, 6) is -0.854. The van der Waals surface area contributed by atoms with Crippen molar-refractivity contribution in [2.75, 3.05) is 13.1 Å². The van der Waals surface area contributed by atoms with Crippen LogP contribution in [0.3, 0.4) is 0 Å². The molecule has 2 rings (SSSR count). The van der Waals surface area contributed by atoms with Gasteiger partial charge in [-0.15, -0.1) is 0 Å². The van der Waals surface area contributed by atoms with Crippen LogP contribution in [0.2, 0.25) is 5.02 Å². The largest absolute Gasteiger partial charge is 0.402 e. The Morgan fingerprint density at radius 1 is 1.52 bits per heavy atom. The number of carbonyl (C=O) groups is 1. The monoisotopic (exact) mass is 323 g/mol. The van der Waals surface area contributed by atoms with Crippen LogP contribution in [0.25, 0.3) is 0 Å². The van der Waals surface area contributed by atoms with Gasteiger partial charge in [0.1, 0.15) is 5.41 Å². The normalized spacial score (nSPS) is 22.8. The first-order valence-electron chi connectivity index (χ1n) is 6.74. The van der Waals surface area contributed by atoms with E-state index < -0.39 is 17.4 Å². The van der Waals surface area contributed by atoms with E-state index >= 15 is 0 Å². The Balaban J connectivity index is 2.31. The number of hydrogen-bond donors (Lipinski definition) is 1. The number of aryl methyl sites for hydroxylation is 2. The highest BCUT2D eigenvalue weighted by Crippen LogP contribution is 2.44. The molecule has 118 valence electrons. The van der Waals surface area contributed by atoms with Crippen molar-refractivity contribution < 1.29 is 18.0 Å². The van der Waals surface area contributed by atoms with Crippen molar-refractivity contribution >= 4 is 17.4 Å². The minimum atomic E-state index is -4.56. The van der Waals surface area contributed by atoms with Gasteiger partial charge >= 0.3 is 6.18 Å². The second kappa shape index (κ2) is 5.61. The summed E-state index contributed by atoms with van der Waals surface area (Å²) in [6.45, 7) is 1.66. The molecule has 0 aliphatic carbocycles. The maximum Gasteiger partial charge on any atom is 0.402 e. The van der Waals surface area contributed by atoms with E-state index in [0.29, 0.717) is 17.8 Å². The molecule has 2 heterocycles. The molecule has 0 aromatic carbocycles. The lowest BCUT2D eigenvalue weighted by molar-refractivity contribution is -0.214. The minimum Gasteiger partial charge on any atom is -0.315 e. The van der Waals surface area contributed by atoms with Gasteiger partial charge in [-0.05, 0) is 19.4 Å². The lowest BCUT2D eigenvalue weighted by Gasteiger charge is -2.29. The van der Waals surface area contributed by atoms with Gasteiger partial charge in [0.25, 0.3) is 0 Å². The van der Waals surface area contributed by atoms with E-state index in [1.54, 1.807) is 7.05 Å². The number of hydrogen-bond acceptors (Lipinski definition) is 3. The van der Waals surface area contributed by atoms with E-state index in [9.17, 15) is 18.0 Å². The zero-order valence-electron chi connectivity index (χ0n) is 11.9. The van der Waals surface area contributed by atoms with Gasteiger partial charge < -0.3 is 5.32 Å². The molecule has 0 amide bonds. The average Bonchev–Trinajstić information content (AvgIpc) is 2.99. The molecular formula is C13H17ClF3N3O. The van der Waals surface area contributed by atoms with Crippen LogP contribution in [0.5, 0.6) is 0 Å². The number of carbonyl (C=O) groups excluding carboxylic acids is 1. The molecule has 1 aromatic heterocycles. The highest BCUT2D eigenvalue weighted by molar-refractivity contribution is 6.32. The SMILES string of the molecule is CCc1nn(C)c(CC(=O)C2(C(F)(F)F)CCNC2)c1Cl. The fourth-order valence-electron chi connectivity index (χ4n) is 2.66. The van der Waals surface area contributed by atoms with Gasteiger partial charge in [-0.3, -0.25) is 9.48 Å². The van der Waals surface area contributed by atoms with Crippen molar-refractivity contribution in [2.45, 2.75) is 32.4 Å². The fraction of sp³-hybridized carbons (Fsp3) is 0.692. The first kappa shape index (κ1) is 16.3. The van der Waals surface area contributed by atoms with Gasteiger partial charge in [-0.2, -0.15) is 18.3 Å². The van der Waals surface area contributed by atoms with Crippen molar-refractivity contribution in [3.8, 4) is 0 Å². The van der Waals surface area contributed by atoms with Crippen molar-refractivity contribution in [3.05, 3.63) is 16.4 Å². The van der Waals surface area contributed by atoms with Gasteiger partial charge in [-0.1, -0.05) is 18.5 Å². The summed E-state index contributed by atoms with van der Waals surface area (Å²) in [6.07, 6.45) is -4.59. The van der Waals surface area contributed by atoms with Crippen LogP contribution in [0.4, 0.5) is 13.2 Å². The third-order valence-corrected chi connectivity index (χ3v) is 4.50. The van der Waals surface area contributed by atoms with Gasteiger partial charge in [0.15, 0.2) is 5.78 Å². The molecular weight excluding hydrogens is 307 g/mol. The number of alkyl halides is 3. The predicted molar refractivity (Wildman–Crippen MR) is 72.3 cm³/mol. The maximum atomic E-state index is 13.3. The molecule has 8 heteroatoms. The molecule has 0 bridgehead atoms. The molecule has 1 fully saturated rings. The lowest BCUT2D eigenvalue weighted by Crippen LogP contribution is -2.47. The predicted octanol–water partition coefficient (Wildman–Crippen LogP) is 2.29. The Kier molecular flexibility index (Phi) is 4.35. The van der Waals surface area contributed by atoms with Crippen LogP contribution in [0, 0.1) is 5.41 Å². The van der Waals surface area contributed by atoms with E-state index in [2.05, 4.69) is 10.4 Å². The van der Waals surface area contributed by atoms with Crippen LogP contribution in [-0.2, 0) is 24.7 Å². The quantitative estimate of drug-likeness (QED) is 0.925. The van der Waals surface area contributed by atoms with Gasteiger partial charge in [0.05, 0.1) is 22.8 Å². The summed E-state index contributed by atoms with van der Waals surface area (Å²) in [7, 11) is 1.58. The molecule has 1 aliphatic rings. The summed E-state index contributed by atoms with van der Waals surface area (Å²) >= 11 is 6.11. The Morgan fingerprint density at radius 3 is 2.62 bits per heavy atom. The highest BCUT2D eigenvalue weighted by Gasteiger charge is 2.60. The zero-order chi connectivity index (χ0) is 15.8. The fourth-order valence-corrected chi connectivity index (χ4v) is 3.02. The Bertz CT molecular complexity index is 548. The maximum absolute atomic E-state index is 13.3. The van der Waals surface area contributed by atoms with Crippen molar-refractivity contribution in [3.63, 3.8) is 0 Å². The molecule has 1 saturated heterocycles. The summed E-state index contributed by atoms with van der Waals surface area (Å²) < 4.78 is 41.4. The third kappa shape index (κ3) is 2.68. The number of rotatable bonds is 4. The average molecular weight is 324 g/mol. The lowest BCUT2D eigenvalue weighted by atomic mass is 9.80. The number of aromatic nitrogens is 2. The van der Waals surface area contributed by atoms with Crippen LogP contribution in [0.15, 0.2) is 0 Å². The molecule has 4 nitrogen and oxygen atoms in total. The molecule has 0 radical (unpaired) electrons. The summed E-state index contributed by atoms with van der Waals surface area (Å²) in [5, 5.41) is 7.05. The van der Waals surface area contributed by atoms with Crippen LogP contribution >= 0.6 is 11.6 Å². The molecule has 21 heavy (non-hydrogen) atoms. The Labute approximate surface area is 125 Å². The molecule has 0 saturated carbocycles. The van der Waals surface area contributed by atoms with E-state index in [4.69, 9.17) is 11.6 Å². The zero-order valence-corrected chi connectivity index (χ0v) is 12.6. The summed E-state index contributed by atoms with van der Waals surface area (Å²) in [5.41, 5.74) is -1.38. The second-order valence-electron chi connectivity index (χ2n) is 5.29. The number of Topliss-reactive ketones (excluding diaryl/α,β-unsaturated/α-hetero) is 1. The number of nitrogens with zero attached hydrogens (tertiary/aromatic N) is 2. The molecule has 1 aromatic rings. The van der Waals surface area contributed by atoms with Crippen LogP contribution in [-0.4, -0.2) is 34.8 Å². The van der Waals surface area contributed by atoms with Crippen molar-refractivity contribution in [1.82, 2.24) is 15.1 Å². The second-order valence-corrected chi connectivity index (χ2v) is 5.67. The van der Waals surface area contributed by atoms with E-state index in [0.717, 1.165) is 0 Å². The van der Waals surface area contributed by atoms with Crippen molar-refractivity contribution in [1.29, 1.82) is 0 Å². The van der Waals surface area contributed by atoms with Gasteiger partial charge in [0.2, 0.25) is 0 Å². The van der Waals surface area contributed by atoms with E-state index in [-0.39, 0.29) is 31.0 Å². The Hall–Kier alpha value is -1.08. The number of halogens is 4. The molecule has 0 spiro atoms. The molecule has 1 N–H and O–H groups in total. The third-order valence-electron chi connectivity index (χ3n) is 4.06. The topological polar surface area (TPSA) is 46.9 Å². The van der Waals surface area contributed by atoms with Crippen LogP contribution in [0.1, 0.15) is 24.7 Å². The van der Waals surface area contributed by atoms with Crippen molar-refractivity contribution in [2.24, 2.45) is 12.5 Å². The highest BCUT2D eigenvalue weighted by atomic mass is 35.5.